The number of nitrogens with one attached hydrogen (secondary N) is 1. The van der Waals surface area contributed by atoms with Crippen molar-refractivity contribution in [3.8, 4) is 11.3 Å². The van der Waals surface area contributed by atoms with Gasteiger partial charge in [-0.25, -0.2) is 4.98 Å². The third-order valence-electron chi connectivity index (χ3n) is 4.46. The molecule has 2 unspecified atom stereocenters. The lowest BCUT2D eigenvalue weighted by Gasteiger charge is -2.22. The second-order valence-corrected chi connectivity index (χ2v) is 7.03. The molecular formula is C21H22N2OS. The van der Waals surface area contributed by atoms with Gasteiger partial charge in [0.25, 0.3) is 0 Å². The van der Waals surface area contributed by atoms with Crippen LogP contribution in [0.15, 0.2) is 66.0 Å². The highest BCUT2D eigenvalue weighted by molar-refractivity contribution is 7.14. The zero-order chi connectivity index (χ0) is 17.6. The second kappa shape index (κ2) is 8.08. The number of benzene rings is 2. The van der Waals surface area contributed by atoms with Crippen molar-refractivity contribution in [1.29, 1.82) is 0 Å². The first kappa shape index (κ1) is 17.4. The Morgan fingerprint density at radius 1 is 1.08 bits per heavy atom. The van der Waals surface area contributed by atoms with E-state index < -0.39 is 0 Å². The number of carbonyl (C=O) groups excluding carboxylic acids is 1. The maximum Gasteiger partial charge on any atom is 0.233 e. The minimum absolute atomic E-state index is 0.00881. The number of amides is 1. The van der Waals surface area contributed by atoms with Crippen LogP contribution in [0.3, 0.4) is 0 Å². The van der Waals surface area contributed by atoms with Gasteiger partial charge in [-0.05, 0) is 11.5 Å². The summed E-state index contributed by atoms with van der Waals surface area (Å²) in [4.78, 5) is 17.5. The first-order valence-electron chi connectivity index (χ1n) is 8.55. The summed E-state index contributed by atoms with van der Waals surface area (Å²) in [6.07, 6.45) is 0.945. The molecule has 0 aliphatic carbocycles. The molecule has 0 bridgehead atoms. The van der Waals surface area contributed by atoms with E-state index in [1.54, 1.807) is 0 Å². The van der Waals surface area contributed by atoms with Crippen molar-refractivity contribution >= 4 is 22.4 Å². The van der Waals surface area contributed by atoms with Gasteiger partial charge in [-0.15, -0.1) is 11.3 Å². The summed E-state index contributed by atoms with van der Waals surface area (Å²) < 4.78 is 0. The molecule has 2 atom stereocenters. The lowest BCUT2D eigenvalue weighted by Crippen LogP contribution is -2.26. The minimum Gasteiger partial charge on any atom is -0.301 e. The summed E-state index contributed by atoms with van der Waals surface area (Å²) in [5.74, 6) is 0.0979. The Hall–Kier alpha value is -2.46. The number of thiazole rings is 1. The highest BCUT2D eigenvalue weighted by Crippen LogP contribution is 2.30. The van der Waals surface area contributed by atoms with Gasteiger partial charge < -0.3 is 5.32 Å². The van der Waals surface area contributed by atoms with Crippen LogP contribution in [-0.2, 0) is 4.79 Å². The average Bonchev–Trinajstić information content (AvgIpc) is 3.12. The molecule has 1 heterocycles. The van der Waals surface area contributed by atoms with Crippen LogP contribution in [0.25, 0.3) is 11.3 Å². The smallest absolute Gasteiger partial charge is 0.233 e. The van der Waals surface area contributed by atoms with Crippen molar-refractivity contribution < 1.29 is 4.79 Å². The van der Waals surface area contributed by atoms with Gasteiger partial charge in [0.15, 0.2) is 5.13 Å². The van der Waals surface area contributed by atoms with E-state index in [2.05, 4.69) is 24.1 Å². The van der Waals surface area contributed by atoms with Crippen LogP contribution in [0.5, 0.6) is 0 Å². The van der Waals surface area contributed by atoms with Gasteiger partial charge in [0.2, 0.25) is 5.91 Å². The van der Waals surface area contributed by atoms with Crippen molar-refractivity contribution in [2.75, 3.05) is 5.32 Å². The van der Waals surface area contributed by atoms with Crippen molar-refractivity contribution in [2.45, 2.75) is 26.2 Å². The highest BCUT2D eigenvalue weighted by atomic mass is 32.1. The van der Waals surface area contributed by atoms with E-state index in [9.17, 15) is 4.79 Å². The number of carbonyl (C=O) groups is 1. The first-order chi connectivity index (χ1) is 12.2. The molecule has 0 radical (unpaired) electrons. The van der Waals surface area contributed by atoms with E-state index in [1.165, 1.54) is 11.3 Å². The Kier molecular flexibility index (Phi) is 5.61. The van der Waals surface area contributed by atoms with Crippen molar-refractivity contribution in [3.63, 3.8) is 0 Å². The number of nitrogens with zero attached hydrogens (tertiary/aromatic N) is 1. The zero-order valence-corrected chi connectivity index (χ0v) is 15.3. The summed E-state index contributed by atoms with van der Waals surface area (Å²) in [5, 5.41) is 5.64. The number of rotatable bonds is 6. The molecule has 128 valence electrons. The predicted molar refractivity (Wildman–Crippen MR) is 105 cm³/mol. The molecule has 0 fully saturated rings. The molecule has 0 saturated carbocycles. The number of anilines is 1. The lowest BCUT2D eigenvalue weighted by atomic mass is 9.85. The Morgan fingerprint density at radius 3 is 2.36 bits per heavy atom. The molecule has 4 heteroatoms. The molecule has 3 nitrogen and oxygen atoms in total. The number of hydrogen-bond donors (Lipinski definition) is 1. The largest absolute Gasteiger partial charge is 0.301 e. The fourth-order valence-corrected chi connectivity index (χ4v) is 3.61. The van der Waals surface area contributed by atoms with Crippen LogP contribution in [0, 0.1) is 5.92 Å². The lowest BCUT2D eigenvalue weighted by molar-refractivity contribution is -0.118. The van der Waals surface area contributed by atoms with E-state index in [0.717, 1.165) is 23.2 Å². The summed E-state index contributed by atoms with van der Waals surface area (Å²) >= 11 is 1.46. The van der Waals surface area contributed by atoms with Crippen molar-refractivity contribution in [1.82, 2.24) is 4.98 Å². The van der Waals surface area contributed by atoms with E-state index in [-0.39, 0.29) is 17.7 Å². The molecule has 3 aromatic rings. The molecule has 1 aromatic heterocycles. The topological polar surface area (TPSA) is 42.0 Å². The standard InChI is InChI=1S/C21H22N2OS/c1-3-15(2)19(17-12-8-5-9-13-17)20(24)23-21-22-18(14-25-21)16-10-6-4-7-11-16/h4-15,19H,3H2,1-2H3,(H,22,23,24). The maximum atomic E-state index is 12.9. The van der Waals surface area contributed by atoms with Crippen molar-refractivity contribution in [2.24, 2.45) is 5.92 Å². The molecule has 0 aliphatic heterocycles. The van der Waals surface area contributed by atoms with E-state index in [1.807, 2.05) is 66.0 Å². The molecule has 0 spiro atoms. The molecule has 0 saturated heterocycles. The van der Waals surface area contributed by atoms with Crippen LogP contribution in [0.2, 0.25) is 0 Å². The zero-order valence-electron chi connectivity index (χ0n) is 14.5. The van der Waals surface area contributed by atoms with Crippen molar-refractivity contribution in [3.05, 3.63) is 71.6 Å². The summed E-state index contributed by atoms with van der Waals surface area (Å²) in [6, 6.07) is 20.0. The quantitative estimate of drug-likeness (QED) is 0.630. The number of hydrogen-bond acceptors (Lipinski definition) is 3. The normalized spacial score (nSPS) is 13.2. The first-order valence-corrected chi connectivity index (χ1v) is 9.43. The van der Waals surface area contributed by atoms with Crippen LogP contribution in [-0.4, -0.2) is 10.9 Å². The van der Waals surface area contributed by atoms with Crippen LogP contribution >= 0.6 is 11.3 Å². The Balaban J connectivity index is 1.79. The van der Waals surface area contributed by atoms with Gasteiger partial charge in [0.05, 0.1) is 11.6 Å². The summed E-state index contributed by atoms with van der Waals surface area (Å²) in [5.41, 5.74) is 3.00. The third-order valence-corrected chi connectivity index (χ3v) is 5.22. The molecule has 3 rings (SSSR count). The predicted octanol–water partition coefficient (Wildman–Crippen LogP) is 5.58. The van der Waals surface area contributed by atoms with E-state index in [4.69, 9.17) is 0 Å². The van der Waals surface area contributed by atoms with Crippen LogP contribution in [0.4, 0.5) is 5.13 Å². The molecule has 2 aromatic carbocycles. The average molecular weight is 350 g/mol. The Labute approximate surface area is 152 Å². The fraction of sp³-hybridized carbons (Fsp3) is 0.238. The Morgan fingerprint density at radius 2 is 1.72 bits per heavy atom. The monoisotopic (exact) mass is 350 g/mol. The van der Waals surface area contributed by atoms with Crippen LogP contribution in [0.1, 0.15) is 31.7 Å². The van der Waals surface area contributed by atoms with Gasteiger partial charge in [0.1, 0.15) is 0 Å². The summed E-state index contributed by atoms with van der Waals surface area (Å²) in [7, 11) is 0. The molecular weight excluding hydrogens is 328 g/mol. The Bertz CT molecular complexity index is 814. The van der Waals surface area contributed by atoms with Gasteiger partial charge in [0, 0.05) is 10.9 Å². The second-order valence-electron chi connectivity index (χ2n) is 6.17. The van der Waals surface area contributed by atoms with E-state index in [0.29, 0.717) is 5.13 Å². The summed E-state index contributed by atoms with van der Waals surface area (Å²) in [6.45, 7) is 4.24. The van der Waals surface area contributed by atoms with Gasteiger partial charge in [-0.3, -0.25) is 4.79 Å². The minimum atomic E-state index is -0.171. The van der Waals surface area contributed by atoms with E-state index >= 15 is 0 Å². The third kappa shape index (κ3) is 4.15. The SMILES string of the molecule is CCC(C)C(C(=O)Nc1nc(-c2ccccc2)cs1)c1ccccc1. The molecule has 25 heavy (non-hydrogen) atoms. The molecule has 1 N–H and O–H groups in total. The number of aromatic nitrogens is 1. The molecule has 0 aliphatic rings. The maximum absolute atomic E-state index is 12.9. The van der Waals surface area contributed by atoms with Gasteiger partial charge in [-0.2, -0.15) is 0 Å². The van der Waals surface area contributed by atoms with Gasteiger partial charge in [-0.1, -0.05) is 80.9 Å². The molecule has 1 amide bonds. The fourth-order valence-electron chi connectivity index (χ4n) is 2.89. The van der Waals surface area contributed by atoms with Crippen LogP contribution < -0.4 is 5.32 Å². The highest BCUT2D eigenvalue weighted by Gasteiger charge is 2.26. The van der Waals surface area contributed by atoms with Gasteiger partial charge >= 0.3 is 0 Å².